The standard InChI is InChI=1S/C36H30N2O7S2/c1-3-45-36(40)34(23(2)39)32-22-33(37-46(41,42)28-18-16-24-10-4-6-12-26(24)20-28)30-14-8-9-15-31(30)35(32)38-47(43,44)29-19-17-25-11-5-7-13-27(25)21-29/h4-22,34,37-38H,3H2,1-2H3/t34-/m0/s1. The third-order valence-corrected chi connectivity index (χ3v) is 10.6. The maximum absolute atomic E-state index is 13.9. The van der Waals surface area contributed by atoms with E-state index in [0.717, 1.165) is 16.2 Å². The molecule has 0 spiro atoms. The van der Waals surface area contributed by atoms with E-state index in [4.69, 9.17) is 4.74 Å². The lowest BCUT2D eigenvalue weighted by molar-refractivity contribution is -0.147. The van der Waals surface area contributed by atoms with Crippen LogP contribution in [-0.2, 0) is 34.4 Å². The lowest BCUT2D eigenvalue weighted by Gasteiger charge is -2.22. The molecule has 0 amide bonds. The van der Waals surface area contributed by atoms with Crippen molar-refractivity contribution < 1.29 is 31.2 Å². The van der Waals surface area contributed by atoms with Gasteiger partial charge in [0.1, 0.15) is 11.7 Å². The average molecular weight is 667 g/mol. The minimum atomic E-state index is -4.28. The highest BCUT2D eigenvalue weighted by Crippen LogP contribution is 2.40. The molecule has 0 saturated heterocycles. The molecule has 0 heterocycles. The Morgan fingerprint density at radius 2 is 1.13 bits per heavy atom. The highest BCUT2D eigenvalue weighted by Gasteiger charge is 2.33. The summed E-state index contributed by atoms with van der Waals surface area (Å²) in [6.07, 6.45) is 0. The number of carbonyl (C=O) groups is 2. The number of carbonyl (C=O) groups excluding carboxylic acids is 2. The molecule has 9 nitrogen and oxygen atoms in total. The second kappa shape index (κ2) is 12.5. The molecule has 0 unspecified atom stereocenters. The van der Waals surface area contributed by atoms with Crippen LogP contribution in [0.2, 0.25) is 0 Å². The summed E-state index contributed by atoms with van der Waals surface area (Å²) in [4.78, 5) is 26.3. The number of hydrogen-bond donors (Lipinski definition) is 2. The molecule has 6 aromatic rings. The number of anilines is 2. The van der Waals surface area contributed by atoms with Crippen LogP contribution in [0.25, 0.3) is 32.3 Å². The molecule has 0 fully saturated rings. The molecule has 0 radical (unpaired) electrons. The number of ether oxygens (including phenoxy) is 1. The quantitative estimate of drug-likeness (QED) is 0.119. The van der Waals surface area contributed by atoms with Crippen molar-refractivity contribution in [3.63, 3.8) is 0 Å². The molecule has 238 valence electrons. The zero-order chi connectivity index (χ0) is 33.3. The predicted molar refractivity (Wildman–Crippen MR) is 184 cm³/mol. The lowest BCUT2D eigenvalue weighted by atomic mass is 9.90. The Balaban J connectivity index is 1.54. The fourth-order valence-electron chi connectivity index (χ4n) is 5.63. The van der Waals surface area contributed by atoms with Crippen molar-refractivity contribution in [2.75, 3.05) is 16.1 Å². The van der Waals surface area contributed by atoms with Crippen molar-refractivity contribution >= 4 is 75.5 Å². The Morgan fingerprint density at radius 3 is 1.66 bits per heavy atom. The van der Waals surface area contributed by atoms with E-state index in [-0.39, 0.29) is 38.7 Å². The van der Waals surface area contributed by atoms with Crippen LogP contribution in [0.3, 0.4) is 0 Å². The summed E-state index contributed by atoms with van der Waals surface area (Å²) in [5.74, 6) is -3.07. The number of benzene rings is 6. The Bertz CT molecular complexity index is 2420. The van der Waals surface area contributed by atoms with Crippen molar-refractivity contribution in [1.82, 2.24) is 0 Å². The van der Waals surface area contributed by atoms with Gasteiger partial charge in [0.05, 0.1) is 27.8 Å². The van der Waals surface area contributed by atoms with Gasteiger partial charge in [0.25, 0.3) is 20.0 Å². The zero-order valence-corrected chi connectivity index (χ0v) is 27.1. The highest BCUT2D eigenvalue weighted by atomic mass is 32.2. The molecule has 0 aromatic heterocycles. The van der Waals surface area contributed by atoms with Crippen molar-refractivity contribution in [1.29, 1.82) is 0 Å². The van der Waals surface area contributed by atoms with Crippen molar-refractivity contribution in [2.45, 2.75) is 29.6 Å². The van der Waals surface area contributed by atoms with E-state index in [9.17, 15) is 26.4 Å². The van der Waals surface area contributed by atoms with Gasteiger partial charge in [-0.2, -0.15) is 0 Å². The van der Waals surface area contributed by atoms with Gasteiger partial charge in [-0.3, -0.25) is 19.0 Å². The summed E-state index contributed by atoms with van der Waals surface area (Å²) in [5.41, 5.74) is -0.0566. The van der Waals surface area contributed by atoms with E-state index in [2.05, 4.69) is 9.44 Å². The van der Waals surface area contributed by atoms with Crippen molar-refractivity contribution in [3.05, 3.63) is 121 Å². The Hall–Kier alpha value is -5.26. The first kappa shape index (κ1) is 31.7. The Morgan fingerprint density at radius 1 is 0.638 bits per heavy atom. The van der Waals surface area contributed by atoms with E-state index in [0.29, 0.717) is 10.8 Å². The first-order chi connectivity index (χ1) is 22.5. The SMILES string of the molecule is CCOC(=O)[C@@H](C(C)=O)c1cc(NS(=O)(=O)c2ccc3ccccc3c2)c2ccccc2c1NS(=O)(=O)c1ccc2ccccc2c1. The third kappa shape index (κ3) is 6.27. The number of Topliss-reactive ketones (excluding diaryl/α,β-unsaturated/α-hetero) is 1. The normalized spacial score (nSPS) is 12.6. The molecule has 1 atom stereocenters. The second-order valence-electron chi connectivity index (χ2n) is 11.0. The first-order valence-electron chi connectivity index (χ1n) is 14.7. The monoisotopic (exact) mass is 666 g/mol. The summed E-state index contributed by atoms with van der Waals surface area (Å²) in [6, 6.07) is 31.9. The number of fused-ring (bicyclic) bond motifs is 3. The molecule has 0 aliphatic carbocycles. The topological polar surface area (TPSA) is 136 Å². The van der Waals surface area contributed by atoms with Gasteiger partial charge in [-0.15, -0.1) is 0 Å². The van der Waals surface area contributed by atoms with Crippen LogP contribution in [0.4, 0.5) is 11.4 Å². The molecule has 47 heavy (non-hydrogen) atoms. The molecule has 6 aromatic carbocycles. The molecule has 6 rings (SSSR count). The minimum Gasteiger partial charge on any atom is -0.465 e. The summed E-state index contributed by atoms with van der Waals surface area (Å²) in [6.45, 7) is 2.75. The summed E-state index contributed by atoms with van der Waals surface area (Å²) in [7, 11) is -8.47. The Labute approximate surface area is 272 Å². The van der Waals surface area contributed by atoms with Crippen molar-refractivity contribution in [3.8, 4) is 0 Å². The number of sulfonamides is 2. The minimum absolute atomic E-state index is 0.00331. The van der Waals surface area contributed by atoms with E-state index in [1.165, 1.54) is 31.2 Å². The fraction of sp³-hybridized carbons (Fsp3) is 0.111. The average Bonchev–Trinajstić information content (AvgIpc) is 3.05. The summed E-state index contributed by atoms with van der Waals surface area (Å²) >= 11 is 0. The summed E-state index contributed by atoms with van der Waals surface area (Å²) < 4.78 is 65.8. The third-order valence-electron chi connectivity index (χ3n) is 7.86. The van der Waals surface area contributed by atoms with E-state index in [1.807, 2.05) is 24.3 Å². The van der Waals surface area contributed by atoms with Gasteiger partial charge in [-0.05, 0) is 65.7 Å². The molecule has 0 aliphatic rings. The van der Waals surface area contributed by atoms with Gasteiger partial charge in [0.15, 0.2) is 0 Å². The van der Waals surface area contributed by atoms with Crippen LogP contribution in [0, 0.1) is 0 Å². The smallest absolute Gasteiger partial charge is 0.321 e. The molecule has 2 N–H and O–H groups in total. The predicted octanol–water partition coefficient (Wildman–Crippen LogP) is 6.98. The number of nitrogens with one attached hydrogen (secondary N) is 2. The van der Waals surface area contributed by atoms with Crippen LogP contribution >= 0.6 is 0 Å². The van der Waals surface area contributed by atoms with Crippen LogP contribution in [-0.4, -0.2) is 35.2 Å². The molecule has 0 aliphatic heterocycles. The zero-order valence-electron chi connectivity index (χ0n) is 25.4. The van der Waals surface area contributed by atoms with Gasteiger partial charge in [-0.1, -0.05) is 84.9 Å². The van der Waals surface area contributed by atoms with Crippen LogP contribution in [0.5, 0.6) is 0 Å². The first-order valence-corrected chi connectivity index (χ1v) is 17.7. The van der Waals surface area contributed by atoms with Gasteiger partial charge < -0.3 is 4.74 Å². The second-order valence-corrected chi connectivity index (χ2v) is 14.3. The number of esters is 1. The molecular formula is C36H30N2O7S2. The molecule has 0 bridgehead atoms. The lowest BCUT2D eigenvalue weighted by Crippen LogP contribution is -2.25. The van der Waals surface area contributed by atoms with Gasteiger partial charge in [-0.25, -0.2) is 16.8 Å². The molecule has 11 heteroatoms. The Kier molecular flexibility index (Phi) is 8.43. The van der Waals surface area contributed by atoms with Gasteiger partial charge >= 0.3 is 5.97 Å². The maximum Gasteiger partial charge on any atom is 0.321 e. The highest BCUT2D eigenvalue weighted by molar-refractivity contribution is 7.93. The van der Waals surface area contributed by atoms with E-state index in [1.54, 1.807) is 73.7 Å². The fourth-order valence-corrected chi connectivity index (χ4v) is 7.88. The van der Waals surface area contributed by atoms with E-state index < -0.39 is 37.7 Å². The number of ketones is 1. The number of rotatable bonds is 10. The van der Waals surface area contributed by atoms with Crippen LogP contribution < -0.4 is 9.44 Å². The summed E-state index contributed by atoms with van der Waals surface area (Å²) in [5, 5.41) is 3.73. The van der Waals surface area contributed by atoms with Gasteiger partial charge in [0, 0.05) is 16.3 Å². The number of hydrogen-bond acceptors (Lipinski definition) is 7. The van der Waals surface area contributed by atoms with E-state index >= 15 is 0 Å². The maximum atomic E-state index is 13.9. The molecular weight excluding hydrogens is 637 g/mol. The van der Waals surface area contributed by atoms with Crippen LogP contribution in [0.1, 0.15) is 25.3 Å². The largest absolute Gasteiger partial charge is 0.465 e. The van der Waals surface area contributed by atoms with Gasteiger partial charge in [0.2, 0.25) is 0 Å². The van der Waals surface area contributed by atoms with Crippen LogP contribution in [0.15, 0.2) is 125 Å². The van der Waals surface area contributed by atoms with Crippen molar-refractivity contribution in [2.24, 2.45) is 0 Å². The molecule has 0 saturated carbocycles.